The quantitative estimate of drug-likeness (QED) is 0.833. The van der Waals surface area contributed by atoms with E-state index in [4.69, 9.17) is 4.74 Å². The first-order valence-corrected chi connectivity index (χ1v) is 7.97. The predicted octanol–water partition coefficient (Wildman–Crippen LogP) is 3.20. The van der Waals surface area contributed by atoms with E-state index in [-0.39, 0.29) is 12.0 Å². The molecule has 1 aliphatic rings. The Kier molecular flexibility index (Phi) is 5.80. The summed E-state index contributed by atoms with van der Waals surface area (Å²) < 4.78 is 5.12. The molecule has 2 rings (SSSR count). The second-order valence-corrected chi connectivity index (χ2v) is 6.17. The molecule has 1 saturated heterocycles. The summed E-state index contributed by atoms with van der Waals surface area (Å²) >= 11 is 0. The molecule has 0 aromatic heterocycles. The number of hydrogen-bond donors (Lipinski definition) is 0. The molecule has 0 spiro atoms. The minimum absolute atomic E-state index is 0.134. The number of amides is 1. The van der Waals surface area contributed by atoms with Crippen molar-refractivity contribution in [2.45, 2.75) is 45.6 Å². The summed E-state index contributed by atoms with van der Waals surface area (Å²) in [7, 11) is 1.59. The van der Waals surface area contributed by atoms with Gasteiger partial charge in [0.25, 0.3) is 5.91 Å². The predicted molar refractivity (Wildman–Crippen MR) is 85.3 cm³/mol. The number of methoxy groups -OCH3 is 1. The molecular weight excluding hydrogens is 262 g/mol. The number of benzene rings is 1. The van der Waals surface area contributed by atoms with Gasteiger partial charge in [-0.15, -0.1) is 0 Å². The molecular formula is C18H27NO2. The highest BCUT2D eigenvalue weighted by Crippen LogP contribution is 2.23. The van der Waals surface area contributed by atoms with Crippen LogP contribution in [-0.2, 0) is 16.0 Å². The van der Waals surface area contributed by atoms with Gasteiger partial charge in [-0.05, 0) is 51.0 Å². The van der Waals surface area contributed by atoms with E-state index in [0.29, 0.717) is 0 Å². The van der Waals surface area contributed by atoms with E-state index in [2.05, 4.69) is 31.2 Å². The Labute approximate surface area is 128 Å². The van der Waals surface area contributed by atoms with Crippen molar-refractivity contribution in [3.05, 3.63) is 35.4 Å². The summed E-state index contributed by atoms with van der Waals surface area (Å²) in [5, 5.41) is 0. The standard InChI is InChI=1S/C18H27NO2/c1-14-4-6-16(7-5-14)8-9-17-10-12-19(13-11-17)18(20)15(2)21-3/h4-7,15,17H,8-13H2,1-3H3. The zero-order valence-electron chi connectivity index (χ0n) is 13.5. The molecule has 0 radical (unpaired) electrons. The van der Waals surface area contributed by atoms with Crippen molar-refractivity contribution in [3.63, 3.8) is 0 Å². The summed E-state index contributed by atoms with van der Waals surface area (Å²) in [6.45, 7) is 5.71. The van der Waals surface area contributed by atoms with Gasteiger partial charge in [-0.3, -0.25) is 4.79 Å². The lowest BCUT2D eigenvalue weighted by Crippen LogP contribution is -2.43. The Hall–Kier alpha value is -1.35. The molecule has 1 aliphatic heterocycles. The Morgan fingerprint density at radius 3 is 2.48 bits per heavy atom. The summed E-state index contributed by atoms with van der Waals surface area (Å²) in [5.41, 5.74) is 2.74. The van der Waals surface area contributed by atoms with Gasteiger partial charge in [0, 0.05) is 20.2 Å². The highest BCUT2D eigenvalue weighted by atomic mass is 16.5. The van der Waals surface area contributed by atoms with Crippen LogP contribution < -0.4 is 0 Å². The van der Waals surface area contributed by atoms with Crippen LogP contribution >= 0.6 is 0 Å². The molecule has 1 aromatic carbocycles. The topological polar surface area (TPSA) is 29.5 Å². The van der Waals surface area contributed by atoms with Crippen LogP contribution in [0.1, 0.15) is 37.3 Å². The van der Waals surface area contributed by atoms with Gasteiger partial charge in [-0.2, -0.15) is 0 Å². The maximum Gasteiger partial charge on any atom is 0.251 e. The molecule has 3 nitrogen and oxygen atoms in total. The van der Waals surface area contributed by atoms with Crippen LogP contribution in [0.15, 0.2) is 24.3 Å². The number of nitrogens with zero attached hydrogens (tertiary/aromatic N) is 1. The third-order valence-electron chi connectivity index (χ3n) is 4.59. The second-order valence-electron chi connectivity index (χ2n) is 6.17. The van der Waals surface area contributed by atoms with Gasteiger partial charge in [0.05, 0.1) is 0 Å². The number of hydrogen-bond acceptors (Lipinski definition) is 2. The molecule has 1 aromatic rings. The summed E-state index contributed by atoms with van der Waals surface area (Å²) in [6, 6.07) is 8.83. The van der Waals surface area contributed by atoms with E-state index in [1.807, 2.05) is 11.8 Å². The van der Waals surface area contributed by atoms with Gasteiger partial charge in [-0.1, -0.05) is 29.8 Å². The van der Waals surface area contributed by atoms with Crippen molar-refractivity contribution in [2.24, 2.45) is 5.92 Å². The fourth-order valence-corrected chi connectivity index (χ4v) is 2.93. The van der Waals surface area contributed by atoms with Gasteiger partial charge in [0.1, 0.15) is 6.10 Å². The molecule has 1 amide bonds. The van der Waals surface area contributed by atoms with Crippen molar-refractivity contribution >= 4 is 5.91 Å². The molecule has 1 fully saturated rings. The molecule has 0 aliphatic carbocycles. The van der Waals surface area contributed by atoms with E-state index in [0.717, 1.165) is 38.3 Å². The summed E-state index contributed by atoms with van der Waals surface area (Å²) in [6.07, 6.45) is 4.30. The smallest absolute Gasteiger partial charge is 0.251 e. The molecule has 1 atom stereocenters. The molecule has 0 N–H and O–H groups in total. The number of aryl methyl sites for hydroxylation is 2. The zero-order valence-corrected chi connectivity index (χ0v) is 13.5. The molecule has 1 heterocycles. The van der Waals surface area contributed by atoms with Crippen LogP contribution in [0.25, 0.3) is 0 Å². The number of carbonyl (C=O) groups is 1. The van der Waals surface area contributed by atoms with Crippen molar-refractivity contribution in [2.75, 3.05) is 20.2 Å². The third-order valence-corrected chi connectivity index (χ3v) is 4.59. The van der Waals surface area contributed by atoms with Crippen LogP contribution in [0, 0.1) is 12.8 Å². The van der Waals surface area contributed by atoms with E-state index < -0.39 is 0 Å². The van der Waals surface area contributed by atoms with Crippen molar-refractivity contribution in [1.29, 1.82) is 0 Å². The number of rotatable bonds is 5. The SMILES string of the molecule is COC(C)C(=O)N1CCC(CCc2ccc(C)cc2)CC1. The fraction of sp³-hybridized carbons (Fsp3) is 0.611. The van der Waals surface area contributed by atoms with Gasteiger partial charge in [0.15, 0.2) is 0 Å². The van der Waals surface area contributed by atoms with E-state index >= 15 is 0 Å². The molecule has 1 unspecified atom stereocenters. The van der Waals surface area contributed by atoms with E-state index in [1.165, 1.54) is 17.5 Å². The van der Waals surface area contributed by atoms with Gasteiger partial charge in [0.2, 0.25) is 0 Å². The van der Waals surface area contributed by atoms with Crippen LogP contribution in [0.3, 0.4) is 0 Å². The average Bonchev–Trinajstić information content (AvgIpc) is 2.53. The van der Waals surface area contributed by atoms with Crippen LogP contribution in [0.4, 0.5) is 0 Å². The molecule has 116 valence electrons. The maximum atomic E-state index is 12.0. The monoisotopic (exact) mass is 289 g/mol. The third kappa shape index (κ3) is 4.57. The fourth-order valence-electron chi connectivity index (χ4n) is 2.93. The Balaban J connectivity index is 1.74. The van der Waals surface area contributed by atoms with E-state index in [9.17, 15) is 4.79 Å². The van der Waals surface area contributed by atoms with Gasteiger partial charge >= 0.3 is 0 Å². The molecule has 3 heteroatoms. The van der Waals surface area contributed by atoms with Crippen molar-refractivity contribution < 1.29 is 9.53 Å². The molecule has 21 heavy (non-hydrogen) atoms. The minimum atomic E-state index is -0.311. The van der Waals surface area contributed by atoms with Gasteiger partial charge < -0.3 is 9.64 Å². The lowest BCUT2D eigenvalue weighted by Gasteiger charge is -2.33. The van der Waals surface area contributed by atoms with Crippen molar-refractivity contribution in [1.82, 2.24) is 4.90 Å². The lowest BCUT2D eigenvalue weighted by atomic mass is 9.90. The maximum absolute atomic E-state index is 12.0. The summed E-state index contributed by atoms with van der Waals surface area (Å²) in [4.78, 5) is 14.0. The number of likely N-dealkylation sites (tertiary alicyclic amines) is 1. The number of piperidine rings is 1. The molecule has 0 saturated carbocycles. The van der Waals surface area contributed by atoms with Gasteiger partial charge in [-0.25, -0.2) is 0 Å². The average molecular weight is 289 g/mol. The largest absolute Gasteiger partial charge is 0.372 e. The highest BCUT2D eigenvalue weighted by molar-refractivity contribution is 5.80. The van der Waals surface area contributed by atoms with Crippen LogP contribution in [0.2, 0.25) is 0 Å². The zero-order chi connectivity index (χ0) is 15.2. The van der Waals surface area contributed by atoms with Crippen molar-refractivity contribution in [3.8, 4) is 0 Å². The first-order valence-electron chi connectivity index (χ1n) is 7.97. The highest BCUT2D eigenvalue weighted by Gasteiger charge is 2.25. The normalized spacial score (nSPS) is 17.8. The Bertz CT molecular complexity index is 447. The Morgan fingerprint density at radius 1 is 1.29 bits per heavy atom. The summed E-state index contributed by atoms with van der Waals surface area (Å²) in [5.74, 6) is 0.877. The molecule has 0 bridgehead atoms. The van der Waals surface area contributed by atoms with Crippen LogP contribution in [-0.4, -0.2) is 37.1 Å². The lowest BCUT2D eigenvalue weighted by molar-refractivity contribution is -0.142. The number of ether oxygens (including phenoxy) is 1. The first-order chi connectivity index (χ1) is 10.1. The minimum Gasteiger partial charge on any atom is -0.372 e. The number of carbonyl (C=O) groups excluding carboxylic acids is 1. The first kappa shape index (κ1) is 16.0. The van der Waals surface area contributed by atoms with E-state index in [1.54, 1.807) is 7.11 Å². The van der Waals surface area contributed by atoms with Crippen LogP contribution in [0.5, 0.6) is 0 Å². The second kappa shape index (κ2) is 7.60. The Morgan fingerprint density at radius 2 is 1.90 bits per heavy atom.